The topological polar surface area (TPSA) is 52.3 Å². The molecule has 20 heavy (non-hydrogen) atoms. The summed E-state index contributed by atoms with van der Waals surface area (Å²) in [5.74, 6) is 0.416. The van der Waals surface area contributed by atoms with Gasteiger partial charge in [0.15, 0.2) is 0 Å². The molecule has 0 aliphatic heterocycles. The molecule has 1 aliphatic carbocycles. The third-order valence-electron chi connectivity index (χ3n) is 4.24. The van der Waals surface area contributed by atoms with Crippen LogP contribution in [0.1, 0.15) is 44.6 Å². The first-order valence-corrected chi connectivity index (χ1v) is 7.62. The van der Waals surface area contributed by atoms with E-state index >= 15 is 0 Å². The smallest absolute Gasteiger partial charge is 0.326 e. The number of benzene rings is 1. The number of nitrogens with two attached hydrogens (primary N) is 1. The fourth-order valence-corrected chi connectivity index (χ4v) is 2.94. The third-order valence-corrected chi connectivity index (χ3v) is 4.48. The maximum absolute atomic E-state index is 12.2. The van der Waals surface area contributed by atoms with E-state index < -0.39 is 5.54 Å². The van der Waals surface area contributed by atoms with Crippen molar-refractivity contribution in [3.8, 4) is 0 Å². The second-order valence-electron chi connectivity index (χ2n) is 5.71. The van der Waals surface area contributed by atoms with Crippen molar-refractivity contribution in [1.29, 1.82) is 0 Å². The standard InChI is InChI=1S/C16H22ClNO2/c1-2-12-6-8-16(18,9-7-12)15(19)20-11-13-4-3-5-14(17)10-13/h3-5,10,12H,2,6-9,11,18H2,1H3. The summed E-state index contributed by atoms with van der Waals surface area (Å²) in [6.07, 6.45) is 4.63. The molecular weight excluding hydrogens is 274 g/mol. The number of esters is 1. The van der Waals surface area contributed by atoms with Gasteiger partial charge in [0.25, 0.3) is 0 Å². The highest BCUT2D eigenvalue weighted by atomic mass is 35.5. The number of hydrogen-bond donors (Lipinski definition) is 1. The summed E-state index contributed by atoms with van der Waals surface area (Å²) in [6, 6.07) is 7.32. The van der Waals surface area contributed by atoms with Crippen molar-refractivity contribution in [1.82, 2.24) is 0 Å². The number of halogens is 1. The molecule has 0 amide bonds. The van der Waals surface area contributed by atoms with E-state index in [4.69, 9.17) is 22.1 Å². The molecule has 1 fully saturated rings. The van der Waals surface area contributed by atoms with Gasteiger partial charge < -0.3 is 10.5 Å². The lowest BCUT2D eigenvalue weighted by Crippen LogP contribution is -2.51. The van der Waals surface area contributed by atoms with Crippen molar-refractivity contribution >= 4 is 17.6 Å². The van der Waals surface area contributed by atoms with Crippen molar-refractivity contribution < 1.29 is 9.53 Å². The predicted octanol–water partition coefficient (Wildman–Crippen LogP) is 3.68. The van der Waals surface area contributed by atoms with Crippen LogP contribution in [-0.2, 0) is 16.1 Å². The lowest BCUT2D eigenvalue weighted by atomic mass is 9.76. The van der Waals surface area contributed by atoms with Crippen LogP contribution >= 0.6 is 11.6 Å². The summed E-state index contributed by atoms with van der Waals surface area (Å²) in [7, 11) is 0. The molecule has 0 spiro atoms. The molecule has 0 radical (unpaired) electrons. The van der Waals surface area contributed by atoms with Crippen LogP contribution < -0.4 is 5.73 Å². The first-order valence-electron chi connectivity index (χ1n) is 7.24. The molecule has 2 rings (SSSR count). The van der Waals surface area contributed by atoms with E-state index in [1.54, 1.807) is 12.1 Å². The quantitative estimate of drug-likeness (QED) is 0.862. The maximum Gasteiger partial charge on any atom is 0.326 e. The van der Waals surface area contributed by atoms with Gasteiger partial charge in [0.2, 0.25) is 0 Å². The fraction of sp³-hybridized carbons (Fsp3) is 0.562. The third kappa shape index (κ3) is 3.74. The summed E-state index contributed by atoms with van der Waals surface area (Å²) in [5.41, 5.74) is 6.30. The minimum absolute atomic E-state index is 0.232. The zero-order valence-corrected chi connectivity index (χ0v) is 12.7. The van der Waals surface area contributed by atoms with E-state index in [9.17, 15) is 4.79 Å². The van der Waals surface area contributed by atoms with Gasteiger partial charge in [0, 0.05) is 5.02 Å². The molecule has 1 aliphatic rings. The molecule has 1 aromatic rings. The van der Waals surface area contributed by atoms with E-state index in [1.165, 1.54) is 0 Å². The van der Waals surface area contributed by atoms with Gasteiger partial charge in [-0.2, -0.15) is 0 Å². The van der Waals surface area contributed by atoms with Crippen LogP contribution in [0.5, 0.6) is 0 Å². The molecule has 0 bridgehead atoms. The summed E-state index contributed by atoms with van der Waals surface area (Å²) < 4.78 is 5.37. The van der Waals surface area contributed by atoms with Crippen LogP contribution in [-0.4, -0.2) is 11.5 Å². The van der Waals surface area contributed by atoms with Crippen molar-refractivity contribution in [3.63, 3.8) is 0 Å². The van der Waals surface area contributed by atoms with E-state index in [-0.39, 0.29) is 12.6 Å². The molecule has 110 valence electrons. The molecule has 0 unspecified atom stereocenters. The molecule has 0 saturated heterocycles. The SMILES string of the molecule is CCC1CCC(N)(C(=O)OCc2cccc(Cl)c2)CC1. The Hall–Kier alpha value is -1.06. The number of hydrogen-bond acceptors (Lipinski definition) is 3. The van der Waals surface area contributed by atoms with Crippen LogP contribution in [0, 0.1) is 5.92 Å². The molecule has 1 aromatic carbocycles. The maximum atomic E-state index is 12.2. The zero-order valence-electron chi connectivity index (χ0n) is 11.9. The second kappa shape index (κ2) is 6.59. The molecular formula is C16H22ClNO2. The highest BCUT2D eigenvalue weighted by molar-refractivity contribution is 6.30. The number of carbonyl (C=O) groups is 1. The predicted molar refractivity (Wildman–Crippen MR) is 80.4 cm³/mol. The van der Waals surface area contributed by atoms with Gasteiger partial charge in [-0.3, -0.25) is 4.79 Å². The Morgan fingerprint density at radius 2 is 2.15 bits per heavy atom. The monoisotopic (exact) mass is 295 g/mol. The van der Waals surface area contributed by atoms with Crippen LogP contribution in [0.4, 0.5) is 0 Å². The van der Waals surface area contributed by atoms with E-state index in [0.29, 0.717) is 10.9 Å². The van der Waals surface area contributed by atoms with Crippen molar-refractivity contribution in [2.24, 2.45) is 11.7 Å². The van der Waals surface area contributed by atoms with E-state index in [2.05, 4.69) is 6.92 Å². The van der Waals surface area contributed by atoms with Gasteiger partial charge in [0.05, 0.1) is 0 Å². The van der Waals surface area contributed by atoms with Gasteiger partial charge >= 0.3 is 5.97 Å². The molecule has 4 heteroatoms. The lowest BCUT2D eigenvalue weighted by Gasteiger charge is -2.34. The Balaban J connectivity index is 1.88. The van der Waals surface area contributed by atoms with Crippen molar-refractivity contribution in [2.45, 2.75) is 51.2 Å². The van der Waals surface area contributed by atoms with Crippen LogP contribution in [0.15, 0.2) is 24.3 Å². The Labute approximate surface area is 125 Å². The first kappa shape index (κ1) is 15.3. The van der Waals surface area contributed by atoms with Crippen LogP contribution in [0.2, 0.25) is 5.02 Å². The lowest BCUT2D eigenvalue weighted by molar-refractivity contribution is -0.153. The summed E-state index contributed by atoms with van der Waals surface area (Å²) in [4.78, 5) is 12.2. The molecule has 0 aromatic heterocycles. The molecule has 0 heterocycles. The van der Waals surface area contributed by atoms with Gasteiger partial charge in [0.1, 0.15) is 12.1 Å². The van der Waals surface area contributed by atoms with Gasteiger partial charge in [-0.1, -0.05) is 37.1 Å². The summed E-state index contributed by atoms with van der Waals surface area (Å²) >= 11 is 5.90. The minimum Gasteiger partial charge on any atom is -0.459 e. The largest absolute Gasteiger partial charge is 0.459 e. The highest BCUT2D eigenvalue weighted by Crippen LogP contribution is 2.33. The van der Waals surface area contributed by atoms with Crippen molar-refractivity contribution in [2.75, 3.05) is 0 Å². The van der Waals surface area contributed by atoms with Gasteiger partial charge in [-0.05, 0) is 49.3 Å². The normalized spacial score (nSPS) is 26.2. The fourth-order valence-electron chi connectivity index (χ4n) is 2.72. The second-order valence-corrected chi connectivity index (χ2v) is 6.15. The molecule has 1 saturated carbocycles. The minimum atomic E-state index is -0.801. The van der Waals surface area contributed by atoms with E-state index in [0.717, 1.165) is 37.7 Å². The Bertz CT molecular complexity index is 467. The van der Waals surface area contributed by atoms with Crippen LogP contribution in [0.25, 0.3) is 0 Å². The summed E-state index contributed by atoms with van der Waals surface area (Å²) in [5, 5.41) is 0.643. The average Bonchev–Trinajstić information content (AvgIpc) is 2.45. The van der Waals surface area contributed by atoms with Crippen LogP contribution in [0.3, 0.4) is 0 Å². The van der Waals surface area contributed by atoms with Gasteiger partial charge in [-0.25, -0.2) is 0 Å². The summed E-state index contributed by atoms with van der Waals surface area (Å²) in [6.45, 7) is 2.42. The Morgan fingerprint density at radius 1 is 1.45 bits per heavy atom. The number of carbonyl (C=O) groups excluding carboxylic acids is 1. The van der Waals surface area contributed by atoms with E-state index in [1.807, 2.05) is 12.1 Å². The average molecular weight is 296 g/mol. The first-order chi connectivity index (χ1) is 9.53. The number of rotatable bonds is 4. The highest BCUT2D eigenvalue weighted by Gasteiger charge is 2.39. The Kier molecular flexibility index (Phi) is 5.06. The molecule has 3 nitrogen and oxygen atoms in total. The Morgan fingerprint density at radius 3 is 2.75 bits per heavy atom. The van der Waals surface area contributed by atoms with Crippen molar-refractivity contribution in [3.05, 3.63) is 34.9 Å². The molecule has 2 N–H and O–H groups in total. The number of ether oxygens (including phenoxy) is 1. The zero-order chi connectivity index (χ0) is 14.6. The van der Waals surface area contributed by atoms with Gasteiger partial charge in [-0.15, -0.1) is 0 Å². The molecule has 0 atom stereocenters.